The lowest BCUT2D eigenvalue weighted by atomic mass is 9.95. The monoisotopic (exact) mass is 289 g/mol. The van der Waals surface area contributed by atoms with E-state index in [0.29, 0.717) is 0 Å². The molecule has 0 N–H and O–H groups in total. The number of benzene rings is 3. The molecule has 110 valence electrons. The van der Waals surface area contributed by atoms with E-state index in [4.69, 9.17) is 4.74 Å². The smallest absolute Gasteiger partial charge is 0.0642 e. The molecule has 0 radical (unpaired) electrons. The Bertz CT molecular complexity index is 776. The van der Waals surface area contributed by atoms with E-state index in [2.05, 4.69) is 71.6 Å². The van der Waals surface area contributed by atoms with Gasteiger partial charge in [-0.25, -0.2) is 0 Å². The van der Waals surface area contributed by atoms with Gasteiger partial charge in [-0.2, -0.15) is 0 Å². The van der Waals surface area contributed by atoms with Gasteiger partial charge in [0.05, 0.1) is 13.2 Å². The molecule has 0 aliphatic carbocycles. The van der Waals surface area contributed by atoms with Crippen LogP contribution in [0, 0.1) is 0 Å². The van der Waals surface area contributed by atoms with E-state index in [1.165, 1.54) is 27.6 Å². The van der Waals surface area contributed by atoms with Crippen LogP contribution < -0.4 is 4.90 Å². The molecule has 3 aromatic rings. The van der Waals surface area contributed by atoms with Gasteiger partial charge in [0.2, 0.25) is 0 Å². The van der Waals surface area contributed by atoms with E-state index in [1.807, 2.05) is 0 Å². The fourth-order valence-electron chi connectivity index (χ4n) is 3.24. The maximum Gasteiger partial charge on any atom is 0.0642 e. The van der Waals surface area contributed by atoms with E-state index in [9.17, 15) is 0 Å². The first-order valence-electron chi connectivity index (χ1n) is 7.83. The molecule has 0 aromatic heterocycles. The summed E-state index contributed by atoms with van der Waals surface area (Å²) in [7, 11) is 0. The summed E-state index contributed by atoms with van der Waals surface area (Å²) in [6, 6.07) is 23.8. The van der Waals surface area contributed by atoms with Crippen molar-refractivity contribution in [3.05, 3.63) is 66.7 Å². The summed E-state index contributed by atoms with van der Waals surface area (Å²) in [5.41, 5.74) is 3.93. The van der Waals surface area contributed by atoms with Gasteiger partial charge in [0, 0.05) is 24.3 Å². The summed E-state index contributed by atoms with van der Waals surface area (Å²) in [5.74, 6) is 0. The lowest BCUT2D eigenvalue weighted by Crippen LogP contribution is -2.36. The third-order valence-electron chi connectivity index (χ3n) is 4.32. The van der Waals surface area contributed by atoms with Gasteiger partial charge in [0.15, 0.2) is 0 Å². The number of nitrogens with zero attached hydrogens (tertiary/aromatic N) is 1. The summed E-state index contributed by atoms with van der Waals surface area (Å²) in [6.45, 7) is 3.53. The Morgan fingerprint density at radius 2 is 1.45 bits per heavy atom. The molecule has 2 nitrogen and oxygen atoms in total. The number of rotatable bonds is 2. The first-order chi connectivity index (χ1) is 10.9. The van der Waals surface area contributed by atoms with Crippen LogP contribution in [0.4, 0.5) is 5.69 Å². The fraction of sp³-hybridized carbons (Fsp3) is 0.200. The minimum Gasteiger partial charge on any atom is -0.378 e. The van der Waals surface area contributed by atoms with Crippen molar-refractivity contribution in [1.82, 2.24) is 0 Å². The van der Waals surface area contributed by atoms with Crippen molar-refractivity contribution in [2.45, 2.75) is 0 Å². The Morgan fingerprint density at radius 3 is 2.27 bits per heavy atom. The normalized spacial score (nSPS) is 15.2. The van der Waals surface area contributed by atoms with Crippen molar-refractivity contribution >= 4 is 16.5 Å². The molecular formula is C20H19NO. The quantitative estimate of drug-likeness (QED) is 0.695. The molecular weight excluding hydrogens is 270 g/mol. The van der Waals surface area contributed by atoms with Gasteiger partial charge in [-0.3, -0.25) is 0 Å². The topological polar surface area (TPSA) is 12.5 Å². The Labute approximate surface area is 130 Å². The van der Waals surface area contributed by atoms with Crippen molar-refractivity contribution in [2.75, 3.05) is 31.2 Å². The second-order valence-electron chi connectivity index (χ2n) is 5.65. The van der Waals surface area contributed by atoms with Gasteiger partial charge in [-0.15, -0.1) is 0 Å². The lowest BCUT2D eigenvalue weighted by molar-refractivity contribution is 0.123. The second-order valence-corrected chi connectivity index (χ2v) is 5.65. The van der Waals surface area contributed by atoms with Gasteiger partial charge < -0.3 is 9.64 Å². The van der Waals surface area contributed by atoms with Gasteiger partial charge >= 0.3 is 0 Å². The van der Waals surface area contributed by atoms with Gasteiger partial charge in [-0.05, 0) is 22.4 Å². The highest BCUT2D eigenvalue weighted by molar-refractivity contribution is 6.03. The van der Waals surface area contributed by atoms with Crippen molar-refractivity contribution in [3.63, 3.8) is 0 Å². The van der Waals surface area contributed by atoms with E-state index in [1.54, 1.807) is 0 Å². The summed E-state index contributed by atoms with van der Waals surface area (Å²) in [6.07, 6.45) is 0. The molecule has 1 fully saturated rings. The van der Waals surface area contributed by atoms with E-state index >= 15 is 0 Å². The second kappa shape index (κ2) is 5.82. The van der Waals surface area contributed by atoms with Crippen LogP contribution in [0.15, 0.2) is 66.7 Å². The molecule has 1 saturated heterocycles. The third-order valence-corrected chi connectivity index (χ3v) is 4.32. The van der Waals surface area contributed by atoms with Crippen LogP contribution in [-0.2, 0) is 4.74 Å². The van der Waals surface area contributed by atoms with E-state index < -0.39 is 0 Å². The SMILES string of the molecule is c1ccc(-c2c(N3CCOCC3)ccc3ccccc23)cc1. The molecule has 0 saturated carbocycles. The highest BCUT2D eigenvalue weighted by atomic mass is 16.5. The molecule has 3 aromatic carbocycles. The molecule has 0 unspecified atom stereocenters. The summed E-state index contributed by atoms with van der Waals surface area (Å²) in [4.78, 5) is 2.44. The standard InChI is InChI=1S/C20H19NO/c1-2-7-17(8-3-1)20-18-9-5-4-6-16(18)10-11-19(20)21-12-14-22-15-13-21/h1-11H,12-15H2. The Hall–Kier alpha value is -2.32. The highest BCUT2D eigenvalue weighted by Gasteiger charge is 2.17. The number of hydrogen-bond donors (Lipinski definition) is 0. The van der Waals surface area contributed by atoms with Crippen molar-refractivity contribution in [3.8, 4) is 11.1 Å². The average molecular weight is 289 g/mol. The maximum absolute atomic E-state index is 5.51. The van der Waals surface area contributed by atoms with Crippen molar-refractivity contribution in [1.29, 1.82) is 0 Å². The Kier molecular flexibility index (Phi) is 3.53. The molecule has 0 atom stereocenters. The maximum atomic E-state index is 5.51. The van der Waals surface area contributed by atoms with Crippen LogP contribution in [0.2, 0.25) is 0 Å². The van der Waals surface area contributed by atoms with Crippen LogP contribution in [0.3, 0.4) is 0 Å². The zero-order valence-electron chi connectivity index (χ0n) is 12.5. The van der Waals surface area contributed by atoms with E-state index in [0.717, 1.165) is 26.3 Å². The Morgan fingerprint density at radius 1 is 0.727 bits per heavy atom. The number of hydrogen-bond acceptors (Lipinski definition) is 2. The average Bonchev–Trinajstić information content (AvgIpc) is 2.62. The summed E-state index contributed by atoms with van der Waals surface area (Å²) in [5, 5.41) is 2.61. The molecule has 0 bridgehead atoms. The zero-order chi connectivity index (χ0) is 14.8. The largest absolute Gasteiger partial charge is 0.378 e. The van der Waals surface area contributed by atoms with Gasteiger partial charge in [0.25, 0.3) is 0 Å². The number of ether oxygens (including phenoxy) is 1. The van der Waals surface area contributed by atoms with Crippen molar-refractivity contribution < 1.29 is 4.74 Å². The van der Waals surface area contributed by atoms with Gasteiger partial charge in [-0.1, -0.05) is 60.7 Å². The van der Waals surface area contributed by atoms with Gasteiger partial charge in [0.1, 0.15) is 0 Å². The Balaban J connectivity index is 1.96. The highest BCUT2D eigenvalue weighted by Crippen LogP contribution is 2.37. The zero-order valence-corrected chi connectivity index (χ0v) is 12.5. The van der Waals surface area contributed by atoms with Crippen molar-refractivity contribution in [2.24, 2.45) is 0 Å². The third kappa shape index (κ3) is 2.36. The molecule has 0 spiro atoms. The minimum atomic E-state index is 0.807. The number of fused-ring (bicyclic) bond motifs is 1. The molecule has 4 rings (SSSR count). The molecule has 2 heteroatoms. The summed E-state index contributed by atoms with van der Waals surface area (Å²) < 4.78 is 5.51. The first kappa shape index (κ1) is 13.4. The first-order valence-corrected chi connectivity index (χ1v) is 7.83. The molecule has 22 heavy (non-hydrogen) atoms. The number of anilines is 1. The summed E-state index contributed by atoms with van der Waals surface area (Å²) >= 11 is 0. The minimum absolute atomic E-state index is 0.807. The van der Waals surface area contributed by atoms with Crippen LogP contribution in [0.25, 0.3) is 21.9 Å². The van der Waals surface area contributed by atoms with Crippen LogP contribution >= 0.6 is 0 Å². The predicted molar refractivity (Wildman–Crippen MR) is 92.4 cm³/mol. The van der Waals surface area contributed by atoms with Crippen LogP contribution in [-0.4, -0.2) is 26.3 Å². The molecule has 0 amide bonds. The lowest BCUT2D eigenvalue weighted by Gasteiger charge is -2.31. The number of morpholine rings is 1. The van der Waals surface area contributed by atoms with E-state index in [-0.39, 0.29) is 0 Å². The fourth-order valence-corrected chi connectivity index (χ4v) is 3.24. The van der Waals surface area contributed by atoms with Crippen LogP contribution in [0.1, 0.15) is 0 Å². The van der Waals surface area contributed by atoms with Crippen LogP contribution in [0.5, 0.6) is 0 Å². The molecule has 1 aliphatic heterocycles. The molecule has 1 heterocycles. The predicted octanol–water partition coefficient (Wildman–Crippen LogP) is 4.34. The molecule has 1 aliphatic rings.